The molecule has 2 aromatic rings. The number of amides is 1. The van der Waals surface area contributed by atoms with Gasteiger partial charge in [0.05, 0.1) is 5.56 Å². The van der Waals surface area contributed by atoms with E-state index in [-0.39, 0.29) is 5.91 Å². The van der Waals surface area contributed by atoms with Crippen LogP contribution in [-0.2, 0) is 6.54 Å². The molecule has 0 aliphatic carbocycles. The summed E-state index contributed by atoms with van der Waals surface area (Å²) in [4.78, 5) is 16.0. The van der Waals surface area contributed by atoms with Crippen molar-refractivity contribution in [2.24, 2.45) is 0 Å². The number of benzene rings is 1. The minimum absolute atomic E-state index is 0.173. The highest BCUT2D eigenvalue weighted by Crippen LogP contribution is 2.21. The van der Waals surface area contributed by atoms with Gasteiger partial charge in [-0.1, -0.05) is 17.7 Å². The van der Waals surface area contributed by atoms with Crippen molar-refractivity contribution in [2.75, 3.05) is 0 Å². The fourth-order valence-corrected chi connectivity index (χ4v) is 2.05. The lowest BCUT2D eigenvalue weighted by atomic mass is 10.2. The van der Waals surface area contributed by atoms with Crippen molar-refractivity contribution in [1.29, 1.82) is 0 Å². The lowest BCUT2D eigenvalue weighted by Crippen LogP contribution is -2.23. The van der Waals surface area contributed by atoms with E-state index in [4.69, 9.17) is 11.6 Å². The molecule has 1 amide bonds. The molecular formula is C13H10BrClN2O. The van der Waals surface area contributed by atoms with Gasteiger partial charge in [0.1, 0.15) is 0 Å². The second-order valence-electron chi connectivity index (χ2n) is 3.67. The zero-order valence-electron chi connectivity index (χ0n) is 9.36. The lowest BCUT2D eigenvalue weighted by Gasteiger charge is -2.07. The van der Waals surface area contributed by atoms with Crippen molar-refractivity contribution in [1.82, 2.24) is 10.3 Å². The smallest absolute Gasteiger partial charge is 0.252 e. The minimum atomic E-state index is -0.173. The maximum absolute atomic E-state index is 12.0. The van der Waals surface area contributed by atoms with Crippen LogP contribution >= 0.6 is 27.5 Å². The lowest BCUT2D eigenvalue weighted by molar-refractivity contribution is 0.0950. The van der Waals surface area contributed by atoms with E-state index in [1.807, 2.05) is 12.1 Å². The third-order valence-electron chi connectivity index (χ3n) is 2.35. The van der Waals surface area contributed by atoms with Gasteiger partial charge >= 0.3 is 0 Å². The first-order chi connectivity index (χ1) is 8.66. The van der Waals surface area contributed by atoms with Crippen molar-refractivity contribution in [3.05, 3.63) is 63.3 Å². The van der Waals surface area contributed by atoms with Crippen molar-refractivity contribution < 1.29 is 4.79 Å². The Hall–Kier alpha value is -1.39. The molecule has 0 bridgehead atoms. The van der Waals surface area contributed by atoms with Gasteiger partial charge in [0.25, 0.3) is 5.91 Å². The van der Waals surface area contributed by atoms with Crippen LogP contribution in [0.4, 0.5) is 0 Å². The van der Waals surface area contributed by atoms with E-state index in [1.54, 1.807) is 30.6 Å². The molecule has 0 aliphatic heterocycles. The molecule has 0 fully saturated rings. The minimum Gasteiger partial charge on any atom is -0.348 e. The summed E-state index contributed by atoms with van der Waals surface area (Å²) in [5.41, 5.74) is 1.47. The molecule has 0 unspecified atom stereocenters. The third-order valence-corrected chi connectivity index (χ3v) is 3.28. The Bertz CT molecular complexity index is 560. The van der Waals surface area contributed by atoms with Crippen LogP contribution in [0.2, 0.25) is 5.02 Å². The maximum atomic E-state index is 12.0. The van der Waals surface area contributed by atoms with Gasteiger partial charge in [-0.15, -0.1) is 0 Å². The van der Waals surface area contributed by atoms with Gasteiger partial charge in [0.15, 0.2) is 0 Å². The summed E-state index contributed by atoms with van der Waals surface area (Å²) in [7, 11) is 0. The maximum Gasteiger partial charge on any atom is 0.252 e. The summed E-state index contributed by atoms with van der Waals surface area (Å²) in [5, 5.41) is 3.35. The average Bonchev–Trinajstić information content (AvgIpc) is 2.40. The van der Waals surface area contributed by atoms with E-state index in [9.17, 15) is 4.79 Å². The Balaban J connectivity index is 2.06. The molecule has 5 heteroatoms. The number of rotatable bonds is 3. The molecule has 0 radical (unpaired) electrons. The molecule has 1 heterocycles. The summed E-state index contributed by atoms with van der Waals surface area (Å²) < 4.78 is 0.718. The first-order valence-electron chi connectivity index (χ1n) is 5.29. The van der Waals surface area contributed by atoms with Crippen LogP contribution in [0, 0.1) is 0 Å². The van der Waals surface area contributed by atoms with E-state index in [0.717, 1.165) is 10.0 Å². The van der Waals surface area contributed by atoms with E-state index in [1.165, 1.54) is 0 Å². The summed E-state index contributed by atoms with van der Waals surface area (Å²) in [6.45, 7) is 0.436. The highest BCUT2D eigenvalue weighted by atomic mass is 79.9. The second-order valence-corrected chi connectivity index (χ2v) is 4.96. The summed E-state index contributed by atoms with van der Waals surface area (Å²) in [6.07, 6.45) is 3.41. The number of halogens is 2. The second kappa shape index (κ2) is 5.98. The molecule has 1 aromatic carbocycles. The number of aromatic nitrogens is 1. The Labute approximate surface area is 118 Å². The topological polar surface area (TPSA) is 42.0 Å². The van der Waals surface area contributed by atoms with Gasteiger partial charge in [-0.25, -0.2) is 0 Å². The van der Waals surface area contributed by atoms with Gasteiger partial charge in [0, 0.05) is 28.4 Å². The Morgan fingerprint density at radius 3 is 2.94 bits per heavy atom. The predicted octanol–water partition coefficient (Wildman–Crippen LogP) is 3.43. The first-order valence-corrected chi connectivity index (χ1v) is 6.46. The fraction of sp³-hybridized carbons (Fsp3) is 0.0769. The molecule has 18 heavy (non-hydrogen) atoms. The molecule has 1 aromatic heterocycles. The molecule has 2 rings (SSSR count). The predicted molar refractivity (Wildman–Crippen MR) is 74.6 cm³/mol. The number of nitrogens with zero attached hydrogens (tertiary/aromatic N) is 1. The van der Waals surface area contributed by atoms with E-state index in [0.29, 0.717) is 17.1 Å². The molecular weight excluding hydrogens is 316 g/mol. The summed E-state index contributed by atoms with van der Waals surface area (Å²) >= 11 is 9.19. The number of hydrogen-bond donors (Lipinski definition) is 1. The quantitative estimate of drug-likeness (QED) is 0.939. The van der Waals surface area contributed by atoms with Crippen LogP contribution in [0.5, 0.6) is 0 Å². The number of pyridine rings is 1. The zero-order chi connectivity index (χ0) is 13.0. The highest BCUT2D eigenvalue weighted by Gasteiger charge is 2.10. The standard InChI is InChI=1S/C13H10BrClN2O/c14-12-4-3-10(15)6-11(12)13(18)17-8-9-2-1-5-16-7-9/h1-7H,8H2,(H,17,18). The van der Waals surface area contributed by atoms with E-state index >= 15 is 0 Å². The highest BCUT2D eigenvalue weighted by molar-refractivity contribution is 9.10. The fourth-order valence-electron chi connectivity index (χ4n) is 1.45. The number of hydrogen-bond acceptors (Lipinski definition) is 2. The van der Waals surface area contributed by atoms with Gasteiger partial charge in [-0.05, 0) is 45.8 Å². The van der Waals surface area contributed by atoms with Crippen LogP contribution in [0.3, 0.4) is 0 Å². The van der Waals surface area contributed by atoms with Crippen LogP contribution in [-0.4, -0.2) is 10.9 Å². The normalized spacial score (nSPS) is 10.1. The van der Waals surface area contributed by atoms with E-state index < -0.39 is 0 Å². The van der Waals surface area contributed by atoms with Gasteiger partial charge in [0.2, 0.25) is 0 Å². The monoisotopic (exact) mass is 324 g/mol. The third kappa shape index (κ3) is 3.31. The SMILES string of the molecule is O=C(NCc1cccnc1)c1cc(Cl)ccc1Br. The number of carbonyl (C=O) groups is 1. The Morgan fingerprint density at radius 2 is 2.22 bits per heavy atom. The number of nitrogens with one attached hydrogen (secondary N) is 1. The molecule has 0 spiro atoms. The van der Waals surface area contributed by atoms with Gasteiger partial charge in [-0.3, -0.25) is 9.78 Å². The molecule has 1 N–H and O–H groups in total. The molecule has 92 valence electrons. The molecule has 0 saturated carbocycles. The molecule has 3 nitrogen and oxygen atoms in total. The summed E-state index contributed by atoms with van der Waals surface area (Å²) in [6, 6.07) is 8.84. The summed E-state index contributed by atoms with van der Waals surface area (Å²) in [5.74, 6) is -0.173. The van der Waals surface area contributed by atoms with E-state index in [2.05, 4.69) is 26.2 Å². The van der Waals surface area contributed by atoms with Crippen LogP contribution in [0.15, 0.2) is 47.2 Å². The average molecular weight is 326 g/mol. The largest absolute Gasteiger partial charge is 0.348 e. The van der Waals surface area contributed by atoms with Crippen molar-refractivity contribution in [3.63, 3.8) is 0 Å². The molecule has 0 saturated heterocycles. The van der Waals surface area contributed by atoms with Crippen molar-refractivity contribution in [2.45, 2.75) is 6.54 Å². The van der Waals surface area contributed by atoms with Crippen molar-refractivity contribution >= 4 is 33.4 Å². The van der Waals surface area contributed by atoms with Gasteiger partial charge in [-0.2, -0.15) is 0 Å². The van der Waals surface area contributed by atoms with Gasteiger partial charge < -0.3 is 5.32 Å². The zero-order valence-corrected chi connectivity index (χ0v) is 11.7. The first kappa shape index (κ1) is 13.1. The van der Waals surface area contributed by atoms with Crippen LogP contribution < -0.4 is 5.32 Å². The number of carbonyl (C=O) groups excluding carboxylic acids is 1. The molecule has 0 aliphatic rings. The van der Waals surface area contributed by atoms with Crippen molar-refractivity contribution in [3.8, 4) is 0 Å². The molecule has 0 atom stereocenters. The Morgan fingerprint density at radius 1 is 1.39 bits per heavy atom. The van der Waals surface area contributed by atoms with Crippen LogP contribution in [0.1, 0.15) is 15.9 Å². The van der Waals surface area contributed by atoms with Crippen LogP contribution in [0.25, 0.3) is 0 Å². The Kier molecular flexibility index (Phi) is 4.33.